The van der Waals surface area contributed by atoms with E-state index in [1.165, 1.54) is 12.1 Å². The minimum Gasteiger partial charge on any atom is -0.504 e. The van der Waals surface area contributed by atoms with Crippen LogP contribution in [0.15, 0.2) is 41.5 Å². The molecule has 2 aromatic rings. The van der Waals surface area contributed by atoms with Crippen LogP contribution in [0.4, 0.5) is 13.2 Å². The van der Waals surface area contributed by atoms with Gasteiger partial charge in [-0.3, -0.25) is 4.79 Å². The van der Waals surface area contributed by atoms with Crippen molar-refractivity contribution >= 4 is 23.7 Å². The molecule has 26 heavy (non-hydrogen) atoms. The summed E-state index contributed by atoms with van der Waals surface area (Å²) in [6, 6.07) is 6.57. The highest BCUT2D eigenvalue weighted by Gasteiger charge is 2.30. The Hall–Kier alpha value is -2.94. The molecule has 6 nitrogen and oxygen atoms in total. The number of hydrogen-bond donors (Lipinski definition) is 3. The van der Waals surface area contributed by atoms with E-state index in [1.807, 2.05) is 0 Å². The maximum atomic E-state index is 12.6. The van der Waals surface area contributed by atoms with Gasteiger partial charge >= 0.3 is 6.18 Å². The second-order valence-corrected chi connectivity index (χ2v) is 5.39. The van der Waals surface area contributed by atoms with Gasteiger partial charge in [0.2, 0.25) is 0 Å². The van der Waals surface area contributed by atoms with Crippen LogP contribution in [0.2, 0.25) is 5.02 Å². The third kappa shape index (κ3) is 5.28. The largest absolute Gasteiger partial charge is 0.504 e. The number of rotatable bonds is 5. The monoisotopic (exact) mass is 388 g/mol. The summed E-state index contributed by atoms with van der Waals surface area (Å²) >= 11 is 5.66. The second kappa shape index (κ2) is 7.96. The van der Waals surface area contributed by atoms with Crippen LogP contribution in [0.5, 0.6) is 17.2 Å². The molecule has 0 saturated carbocycles. The molecule has 0 aromatic heterocycles. The predicted octanol–water partition coefficient (Wildman–Crippen LogP) is 3.30. The molecule has 3 N–H and O–H groups in total. The Bertz CT molecular complexity index is 817. The van der Waals surface area contributed by atoms with Crippen LogP contribution in [0.1, 0.15) is 11.1 Å². The van der Waals surface area contributed by atoms with Crippen molar-refractivity contribution < 1.29 is 32.9 Å². The van der Waals surface area contributed by atoms with Crippen LogP contribution in [-0.4, -0.2) is 28.9 Å². The number of carbonyl (C=O) groups is 1. The van der Waals surface area contributed by atoms with Crippen molar-refractivity contribution in [1.82, 2.24) is 5.43 Å². The normalized spacial score (nSPS) is 11.5. The first-order valence-electron chi connectivity index (χ1n) is 7.00. The summed E-state index contributed by atoms with van der Waals surface area (Å²) in [6.45, 7) is -0.555. The first-order valence-corrected chi connectivity index (χ1v) is 7.38. The third-order valence-corrected chi connectivity index (χ3v) is 3.29. The fourth-order valence-corrected chi connectivity index (χ4v) is 2.02. The maximum Gasteiger partial charge on any atom is 0.416 e. The summed E-state index contributed by atoms with van der Waals surface area (Å²) in [5.41, 5.74) is 1.50. The zero-order valence-electron chi connectivity index (χ0n) is 12.9. The molecule has 0 unspecified atom stereocenters. The smallest absolute Gasteiger partial charge is 0.416 e. The van der Waals surface area contributed by atoms with E-state index in [0.29, 0.717) is 5.56 Å². The van der Waals surface area contributed by atoms with Crippen LogP contribution in [0, 0.1) is 0 Å². The summed E-state index contributed by atoms with van der Waals surface area (Å²) in [7, 11) is 0. The zero-order valence-corrected chi connectivity index (χ0v) is 13.7. The van der Waals surface area contributed by atoms with Gasteiger partial charge in [-0.25, -0.2) is 5.43 Å². The summed E-state index contributed by atoms with van der Waals surface area (Å²) in [6.07, 6.45) is -3.36. The highest BCUT2D eigenvalue weighted by Crippen LogP contribution is 2.33. The topological polar surface area (TPSA) is 91.2 Å². The molecule has 0 radical (unpaired) electrons. The number of nitrogens with one attached hydrogen (secondary N) is 1. The van der Waals surface area contributed by atoms with Gasteiger partial charge in [0.25, 0.3) is 5.91 Å². The number of alkyl halides is 3. The van der Waals surface area contributed by atoms with E-state index in [2.05, 4.69) is 10.5 Å². The van der Waals surface area contributed by atoms with Gasteiger partial charge in [-0.2, -0.15) is 18.3 Å². The standard InChI is InChI=1S/C16H12ClF3N2O4/c17-12-4-9(5-13(23)15(12)25)7-21-22-14(24)8-26-11-3-1-2-10(6-11)16(18,19)20/h1-7,23,25H,8H2,(H,22,24)/b21-7+. The maximum absolute atomic E-state index is 12.6. The van der Waals surface area contributed by atoms with Crippen molar-refractivity contribution in [1.29, 1.82) is 0 Å². The van der Waals surface area contributed by atoms with E-state index in [4.69, 9.17) is 16.3 Å². The summed E-state index contributed by atoms with van der Waals surface area (Å²) in [4.78, 5) is 11.6. The Balaban J connectivity index is 1.90. The Morgan fingerprint density at radius 3 is 2.65 bits per heavy atom. The lowest BCUT2D eigenvalue weighted by Crippen LogP contribution is -2.24. The number of benzene rings is 2. The number of hydrazone groups is 1. The van der Waals surface area contributed by atoms with E-state index in [9.17, 15) is 28.2 Å². The SMILES string of the molecule is O=C(COc1cccc(C(F)(F)F)c1)N/N=C/c1cc(O)c(O)c(Cl)c1. The number of halogens is 4. The number of ether oxygens (including phenoxy) is 1. The lowest BCUT2D eigenvalue weighted by molar-refractivity contribution is -0.137. The van der Waals surface area contributed by atoms with Crippen LogP contribution >= 0.6 is 11.6 Å². The van der Waals surface area contributed by atoms with Crippen molar-refractivity contribution in [2.75, 3.05) is 6.61 Å². The van der Waals surface area contributed by atoms with Crippen molar-refractivity contribution in [2.24, 2.45) is 5.10 Å². The molecule has 0 aliphatic heterocycles. The van der Waals surface area contributed by atoms with Gasteiger partial charge < -0.3 is 14.9 Å². The Labute approximate surface area is 150 Å². The molecule has 0 heterocycles. The van der Waals surface area contributed by atoms with E-state index < -0.39 is 35.8 Å². The van der Waals surface area contributed by atoms with Gasteiger partial charge in [0, 0.05) is 0 Å². The minimum absolute atomic E-state index is 0.106. The number of nitrogens with zero attached hydrogens (tertiary/aromatic N) is 1. The molecular formula is C16H12ClF3N2O4. The number of hydrogen-bond acceptors (Lipinski definition) is 5. The molecule has 0 saturated heterocycles. The van der Waals surface area contributed by atoms with Gasteiger partial charge in [0.05, 0.1) is 16.8 Å². The number of aromatic hydroxyl groups is 2. The van der Waals surface area contributed by atoms with Crippen molar-refractivity contribution in [3.05, 3.63) is 52.5 Å². The molecular weight excluding hydrogens is 377 g/mol. The first kappa shape index (κ1) is 19.4. The van der Waals surface area contributed by atoms with Crippen LogP contribution in [0.3, 0.4) is 0 Å². The number of phenols is 2. The van der Waals surface area contributed by atoms with E-state index in [-0.39, 0.29) is 10.8 Å². The molecule has 10 heteroatoms. The Kier molecular flexibility index (Phi) is 5.93. The van der Waals surface area contributed by atoms with E-state index in [0.717, 1.165) is 30.5 Å². The molecule has 138 valence electrons. The number of amides is 1. The van der Waals surface area contributed by atoms with Gasteiger partial charge in [0.1, 0.15) is 5.75 Å². The second-order valence-electron chi connectivity index (χ2n) is 4.98. The van der Waals surface area contributed by atoms with Gasteiger partial charge in [-0.15, -0.1) is 0 Å². The average molecular weight is 389 g/mol. The van der Waals surface area contributed by atoms with Crippen LogP contribution < -0.4 is 10.2 Å². The molecule has 1 amide bonds. The van der Waals surface area contributed by atoms with Gasteiger partial charge in [-0.05, 0) is 35.9 Å². The first-order chi connectivity index (χ1) is 12.2. The lowest BCUT2D eigenvalue weighted by Gasteiger charge is -2.09. The zero-order chi connectivity index (χ0) is 19.3. The Morgan fingerprint density at radius 2 is 2.00 bits per heavy atom. The summed E-state index contributed by atoms with van der Waals surface area (Å²) < 4.78 is 42.7. The highest BCUT2D eigenvalue weighted by atomic mass is 35.5. The fourth-order valence-electron chi connectivity index (χ4n) is 1.80. The van der Waals surface area contributed by atoms with Crippen LogP contribution in [0.25, 0.3) is 0 Å². The molecule has 0 aliphatic rings. The summed E-state index contributed by atoms with van der Waals surface area (Å²) in [5, 5.41) is 22.2. The van der Waals surface area contributed by atoms with E-state index >= 15 is 0 Å². The molecule has 0 spiro atoms. The fraction of sp³-hybridized carbons (Fsp3) is 0.125. The number of carbonyl (C=O) groups excluding carboxylic acids is 1. The lowest BCUT2D eigenvalue weighted by atomic mass is 10.2. The molecule has 0 atom stereocenters. The Morgan fingerprint density at radius 1 is 1.27 bits per heavy atom. The van der Waals surface area contributed by atoms with Crippen molar-refractivity contribution in [3.63, 3.8) is 0 Å². The predicted molar refractivity (Wildman–Crippen MR) is 87.5 cm³/mol. The van der Waals surface area contributed by atoms with Crippen LogP contribution in [-0.2, 0) is 11.0 Å². The molecule has 0 aliphatic carbocycles. The molecule has 0 fully saturated rings. The molecule has 2 rings (SSSR count). The summed E-state index contributed by atoms with van der Waals surface area (Å²) in [5.74, 6) is -1.78. The molecule has 0 bridgehead atoms. The van der Waals surface area contributed by atoms with Gasteiger partial charge in [0.15, 0.2) is 18.1 Å². The van der Waals surface area contributed by atoms with E-state index in [1.54, 1.807) is 0 Å². The molecule has 2 aromatic carbocycles. The number of phenolic OH excluding ortho intramolecular Hbond substituents is 2. The van der Waals surface area contributed by atoms with Crippen molar-refractivity contribution in [3.8, 4) is 17.2 Å². The highest BCUT2D eigenvalue weighted by molar-refractivity contribution is 6.32. The average Bonchev–Trinajstić information content (AvgIpc) is 2.57. The van der Waals surface area contributed by atoms with Gasteiger partial charge in [-0.1, -0.05) is 17.7 Å². The quantitative estimate of drug-likeness (QED) is 0.416. The third-order valence-electron chi connectivity index (χ3n) is 3.00. The van der Waals surface area contributed by atoms with Crippen molar-refractivity contribution in [2.45, 2.75) is 6.18 Å². The minimum atomic E-state index is -4.51.